The Balaban J connectivity index is 1.78. The molecule has 1 aliphatic carbocycles. The first-order chi connectivity index (χ1) is 9.56. The molecule has 2 heterocycles. The van der Waals surface area contributed by atoms with Crippen LogP contribution in [0.3, 0.4) is 0 Å². The van der Waals surface area contributed by atoms with Crippen molar-refractivity contribution in [2.45, 2.75) is 18.1 Å². The maximum absolute atomic E-state index is 11.9. The molecular formula is C12H12N4O3S. The summed E-state index contributed by atoms with van der Waals surface area (Å²) in [7, 11) is -3.54. The average Bonchev–Trinajstić information content (AvgIpc) is 3.18. The van der Waals surface area contributed by atoms with Crippen LogP contribution in [0.15, 0.2) is 36.9 Å². The molecule has 0 saturated heterocycles. The van der Waals surface area contributed by atoms with E-state index >= 15 is 0 Å². The highest BCUT2D eigenvalue weighted by molar-refractivity contribution is 7.91. The Morgan fingerprint density at radius 2 is 2.15 bits per heavy atom. The Hall–Kier alpha value is -2.22. The summed E-state index contributed by atoms with van der Waals surface area (Å²) in [6.07, 6.45) is 7.23. The smallest absolute Gasteiger partial charge is 0.267 e. The summed E-state index contributed by atoms with van der Waals surface area (Å²) in [5, 5.41) is 3.59. The molecule has 20 heavy (non-hydrogen) atoms. The fourth-order valence-electron chi connectivity index (χ4n) is 1.72. The number of rotatable bonds is 4. The zero-order valence-corrected chi connectivity index (χ0v) is 11.2. The van der Waals surface area contributed by atoms with Gasteiger partial charge in [-0.05, 0) is 25.0 Å². The van der Waals surface area contributed by atoms with Crippen molar-refractivity contribution < 1.29 is 13.2 Å². The minimum absolute atomic E-state index is 0.193. The summed E-state index contributed by atoms with van der Waals surface area (Å²) < 4.78 is 26.9. The third-order valence-corrected chi connectivity index (χ3v) is 4.77. The molecule has 1 aliphatic rings. The predicted molar refractivity (Wildman–Crippen MR) is 70.8 cm³/mol. The number of carbonyl (C=O) groups excluding carboxylic acids is 1. The molecule has 2 aromatic rings. The topological polar surface area (TPSA) is 94.0 Å². The molecule has 2 aromatic heterocycles. The van der Waals surface area contributed by atoms with E-state index in [1.54, 1.807) is 24.5 Å². The SMILES string of the molecule is O=C(NS(=O)(=O)C1CC1)c1cnn(-c2cccnc2)c1. The van der Waals surface area contributed by atoms with Crippen molar-refractivity contribution in [2.24, 2.45) is 0 Å². The maximum Gasteiger partial charge on any atom is 0.267 e. The number of hydrogen-bond donors (Lipinski definition) is 1. The second kappa shape index (κ2) is 4.71. The van der Waals surface area contributed by atoms with Gasteiger partial charge in [-0.25, -0.2) is 17.8 Å². The summed E-state index contributed by atoms with van der Waals surface area (Å²) in [5.74, 6) is -0.660. The highest BCUT2D eigenvalue weighted by atomic mass is 32.2. The third kappa shape index (κ3) is 2.55. The number of amides is 1. The third-order valence-electron chi connectivity index (χ3n) is 2.95. The summed E-state index contributed by atoms with van der Waals surface area (Å²) in [4.78, 5) is 15.8. The molecule has 0 atom stereocenters. The van der Waals surface area contributed by atoms with E-state index < -0.39 is 21.2 Å². The first-order valence-electron chi connectivity index (χ1n) is 6.07. The van der Waals surface area contributed by atoms with Gasteiger partial charge in [0.1, 0.15) is 0 Å². The van der Waals surface area contributed by atoms with Crippen LogP contribution in [0.5, 0.6) is 0 Å². The van der Waals surface area contributed by atoms with Crippen LogP contribution in [0.25, 0.3) is 5.69 Å². The van der Waals surface area contributed by atoms with Gasteiger partial charge in [-0.15, -0.1) is 0 Å². The van der Waals surface area contributed by atoms with Crippen molar-refractivity contribution in [1.82, 2.24) is 19.5 Å². The number of sulfonamides is 1. The van der Waals surface area contributed by atoms with E-state index in [-0.39, 0.29) is 5.56 Å². The molecule has 8 heteroatoms. The highest BCUT2D eigenvalue weighted by Gasteiger charge is 2.37. The van der Waals surface area contributed by atoms with Gasteiger partial charge in [0.25, 0.3) is 5.91 Å². The van der Waals surface area contributed by atoms with Crippen molar-refractivity contribution in [3.05, 3.63) is 42.5 Å². The van der Waals surface area contributed by atoms with E-state index in [1.807, 2.05) is 0 Å². The lowest BCUT2D eigenvalue weighted by atomic mass is 10.3. The molecule has 0 aliphatic heterocycles. The lowest BCUT2D eigenvalue weighted by molar-refractivity contribution is 0.0981. The van der Waals surface area contributed by atoms with Crippen LogP contribution in [0.2, 0.25) is 0 Å². The van der Waals surface area contributed by atoms with E-state index in [1.165, 1.54) is 17.1 Å². The molecule has 0 radical (unpaired) electrons. The molecule has 104 valence electrons. The van der Waals surface area contributed by atoms with Crippen molar-refractivity contribution in [3.63, 3.8) is 0 Å². The Bertz CT molecular complexity index is 735. The van der Waals surface area contributed by atoms with Gasteiger partial charge in [0, 0.05) is 12.4 Å². The van der Waals surface area contributed by atoms with Gasteiger partial charge in [0.15, 0.2) is 0 Å². The lowest BCUT2D eigenvalue weighted by Crippen LogP contribution is -2.33. The maximum atomic E-state index is 11.9. The van der Waals surface area contributed by atoms with Crippen LogP contribution >= 0.6 is 0 Å². The molecule has 3 rings (SSSR count). The van der Waals surface area contributed by atoms with Gasteiger partial charge in [0.2, 0.25) is 10.0 Å². The van der Waals surface area contributed by atoms with E-state index in [9.17, 15) is 13.2 Å². The van der Waals surface area contributed by atoms with Crippen molar-refractivity contribution in [3.8, 4) is 5.69 Å². The van der Waals surface area contributed by atoms with Crippen molar-refractivity contribution in [1.29, 1.82) is 0 Å². The number of aromatic nitrogens is 3. The van der Waals surface area contributed by atoms with Crippen LogP contribution in [0, 0.1) is 0 Å². The number of nitrogens with one attached hydrogen (secondary N) is 1. The molecule has 1 saturated carbocycles. The number of nitrogens with zero attached hydrogens (tertiary/aromatic N) is 3. The van der Waals surface area contributed by atoms with Crippen molar-refractivity contribution >= 4 is 15.9 Å². The molecule has 1 fully saturated rings. The van der Waals surface area contributed by atoms with Crippen LogP contribution in [-0.2, 0) is 10.0 Å². The van der Waals surface area contributed by atoms with Gasteiger partial charge in [-0.2, -0.15) is 5.10 Å². The standard InChI is InChI=1S/C12H12N4O3S/c17-12(15-20(18,19)11-3-4-11)9-6-14-16(8-9)10-2-1-5-13-7-10/h1-2,5-8,11H,3-4H2,(H,15,17). The largest absolute Gasteiger partial charge is 0.268 e. The predicted octanol–water partition coefficient (Wildman–Crippen LogP) is 0.489. The molecular weight excluding hydrogens is 280 g/mol. The normalized spacial score (nSPS) is 15.0. The Morgan fingerprint density at radius 1 is 1.35 bits per heavy atom. The van der Waals surface area contributed by atoms with E-state index in [0.717, 1.165) is 0 Å². The van der Waals surface area contributed by atoms with Gasteiger partial charge >= 0.3 is 0 Å². The average molecular weight is 292 g/mol. The summed E-state index contributed by atoms with van der Waals surface area (Å²) in [6, 6.07) is 3.52. The number of carbonyl (C=O) groups is 1. The molecule has 0 unspecified atom stereocenters. The lowest BCUT2D eigenvalue weighted by Gasteiger charge is -2.03. The Morgan fingerprint density at radius 3 is 2.80 bits per heavy atom. The second-order valence-electron chi connectivity index (χ2n) is 4.56. The van der Waals surface area contributed by atoms with Gasteiger partial charge < -0.3 is 0 Å². The van der Waals surface area contributed by atoms with E-state index in [0.29, 0.717) is 18.5 Å². The number of pyridine rings is 1. The molecule has 1 N–H and O–H groups in total. The molecule has 0 spiro atoms. The molecule has 0 aromatic carbocycles. The van der Waals surface area contributed by atoms with E-state index in [2.05, 4.69) is 14.8 Å². The highest BCUT2D eigenvalue weighted by Crippen LogP contribution is 2.27. The minimum Gasteiger partial charge on any atom is -0.268 e. The van der Waals surface area contributed by atoms with Crippen molar-refractivity contribution in [2.75, 3.05) is 0 Å². The first kappa shape index (κ1) is 12.8. The monoisotopic (exact) mass is 292 g/mol. The van der Waals surface area contributed by atoms with Gasteiger partial charge in [-0.1, -0.05) is 0 Å². The Labute approximate surface area is 115 Å². The fourth-order valence-corrected chi connectivity index (χ4v) is 3.02. The van der Waals surface area contributed by atoms with Gasteiger partial charge in [-0.3, -0.25) is 9.78 Å². The van der Waals surface area contributed by atoms with E-state index in [4.69, 9.17) is 0 Å². The first-order valence-corrected chi connectivity index (χ1v) is 7.62. The van der Waals surface area contributed by atoms with Crippen LogP contribution in [0.1, 0.15) is 23.2 Å². The fraction of sp³-hybridized carbons (Fsp3) is 0.250. The minimum atomic E-state index is -3.54. The molecule has 1 amide bonds. The summed E-state index contributed by atoms with van der Waals surface area (Å²) >= 11 is 0. The quantitative estimate of drug-likeness (QED) is 0.885. The summed E-state index contributed by atoms with van der Waals surface area (Å²) in [5.41, 5.74) is 0.884. The summed E-state index contributed by atoms with van der Waals surface area (Å²) in [6.45, 7) is 0. The zero-order valence-electron chi connectivity index (χ0n) is 10.4. The van der Waals surface area contributed by atoms with Crippen LogP contribution in [0.4, 0.5) is 0 Å². The number of hydrogen-bond acceptors (Lipinski definition) is 5. The Kier molecular flexibility index (Phi) is 3.01. The van der Waals surface area contributed by atoms with Crippen LogP contribution in [-0.4, -0.2) is 34.3 Å². The molecule has 0 bridgehead atoms. The van der Waals surface area contributed by atoms with Crippen LogP contribution < -0.4 is 4.72 Å². The van der Waals surface area contributed by atoms with Gasteiger partial charge in [0.05, 0.1) is 28.9 Å². The second-order valence-corrected chi connectivity index (χ2v) is 6.52. The zero-order chi connectivity index (χ0) is 14.2. The molecule has 7 nitrogen and oxygen atoms in total.